The first kappa shape index (κ1) is 21.7. The topological polar surface area (TPSA) is 60.7 Å². The number of halogens is 2. The molecule has 4 rings (SSSR count). The third-order valence-corrected chi connectivity index (χ3v) is 6.60. The molecule has 1 atom stereocenters. The minimum Gasteiger partial charge on any atom is -0.463 e. The number of allylic oxidation sites excluding steroid dienone is 1. The van der Waals surface area contributed by atoms with E-state index in [1.807, 2.05) is 36.4 Å². The molecule has 5 nitrogen and oxygen atoms in total. The number of aromatic nitrogens is 1. The lowest BCUT2D eigenvalue weighted by Crippen LogP contribution is -2.39. The molecule has 8 heteroatoms. The zero-order valence-corrected chi connectivity index (χ0v) is 19.9. The molecular formula is C23H18BrClN2O3S. The summed E-state index contributed by atoms with van der Waals surface area (Å²) in [6.45, 7) is 3.76. The number of esters is 1. The number of ether oxygens (including phenoxy) is 1. The van der Waals surface area contributed by atoms with Crippen molar-refractivity contribution in [3.63, 3.8) is 0 Å². The molecule has 1 aromatic heterocycles. The third-order valence-electron chi connectivity index (χ3n) is 4.85. The van der Waals surface area contributed by atoms with Crippen LogP contribution in [-0.4, -0.2) is 17.1 Å². The van der Waals surface area contributed by atoms with Gasteiger partial charge < -0.3 is 4.74 Å². The summed E-state index contributed by atoms with van der Waals surface area (Å²) in [5.41, 5.74) is 2.31. The van der Waals surface area contributed by atoms with Gasteiger partial charge in [0.1, 0.15) is 0 Å². The minimum absolute atomic E-state index is 0.217. The Balaban J connectivity index is 1.96. The molecule has 0 bridgehead atoms. The first-order chi connectivity index (χ1) is 14.9. The van der Waals surface area contributed by atoms with Gasteiger partial charge in [-0.3, -0.25) is 9.36 Å². The van der Waals surface area contributed by atoms with Crippen LogP contribution in [0.3, 0.4) is 0 Å². The molecule has 0 amide bonds. The number of carbonyl (C=O) groups excluding carboxylic acids is 1. The predicted molar refractivity (Wildman–Crippen MR) is 126 cm³/mol. The average Bonchev–Trinajstić information content (AvgIpc) is 3.02. The van der Waals surface area contributed by atoms with Crippen molar-refractivity contribution in [2.45, 2.75) is 19.9 Å². The number of benzene rings is 2. The molecule has 0 N–H and O–H groups in total. The first-order valence-electron chi connectivity index (χ1n) is 9.59. The van der Waals surface area contributed by atoms with Crippen LogP contribution in [0.1, 0.15) is 31.0 Å². The van der Waals surface area contributed by atoms with E-state index in [-0.39, 0.29) is 12.2 Å². The number of hydrogen-bond donors (Lipinski definition) is 0. The summed E-state index contributed by atoms with van der Waals surface area (Å²) in [7, 11) is 0. The molecule has 0 fully saturated rings. The van der Waals surface area contributed by atoms with Gasteiger partial charge in [-0.25, -0.2) is 9.79 Å². The van der Waals surface area contributed by atoms with Crippen LogP contribution >= 0.6 is 38.9 Å². The molecule has 158 valence electrons. The second-order valence-electron chi connectivity index (χ2n) is 6.91. The lowest BCUT2D eigenvalue weighted by molar-refractivity contribution is -0.139. The molecule has 3 aromatic rings. The van der Waals surface area contributed by atoms with Crippen molar-refractivity contribution in [2.75, 3.05) is 6.61 Å². The Morgan fingerprint density at radius 1 is 1.29 bits per heavy atom. The molecule has 1 aliphatic rings. The Morgan fingerprint density at radius 2 is 2.03 bits per heavy atom. The molecule has 1 unspecified atom stereocenters. The third kappa shape index (κ3) is 4.31. The van der Waals surface area contributed by atoms with Crippen LogP contribution in [0, 0.1) is 0 Å². The zero-order valence-electron chi connectivity index (χ0n) is 16.8. The van der Waals surface area contributed by atoms with E-state index in [9.17, 15) is 9.59 Å². The van der Waals surface area contributed by atoms with Crippen molar-refractivity contribution in [1.29, 1.82) is 0 Å². The maximum atomic E-state index is 13.5. The molecule has 31 heavy (non-hydrogen) atoms. The van der Waals surface area contributed by atoms with Gasteiger partial charge in [0.05, 0.1) is 28.5 Å². The van der Waals surface area contributed by atoms with Crippen molar-refractivity contribution < 1.29 is 9.53 Å². The lowest BCUT2D eigenvalue weighted by atomic mass is 9.96. The van der Waals surface area contributed by atoms with E-state index < -0.39 is 12.0 Å². The maximum Gasteiger partial charge on any atom is 0.338 e. The molecule has 0 saturated heterocycles. The van der Waals surface area contributed by atoms with Crippen LogP contribution in [-0.2, 0) is 9.53 Å². The number of fused-ring (bicyclic) bond motifs is 1. The summed E-state index contributed by atoms with van der Waals surface area (Å²) in [5, 5.41) is 0.592. The lowest BCUT2D eigenvalue weighted by Gasteiger charge is -2.24. The fourth-order valence-electron chi connectivity index (χ4n) is 3.50. The minimum atomic E-state index is -0.620. The van der Waals surface area contributed by atoms with Crippen LogP contribution in [0.25, 0.3) is 6.08 Å². The maximum absolute atomic E-state index is 13.5. The Kier molecular flexibility index (Phi) is 6.27. The summed E-state index contributed by atoms with van der Waals surface area (Å²) in [6.07, 6.45) is 1.79. The van der Waals surface area contributed by atoms with E-state index in [0.29, 0.717) is 25.6 Å². The van der Waals surface area contributed by atoms with Crippen molar-refractivity contribution in [1.82, 2.24) is 4.57 Å². The average molecular weight is 518 g/mol. The molecule has 2 aromatic carbocycles. The summed E-state index contributed by atoms with van der Waals surface area (Å²) < 4.78 is 8.29. The van der Waals surface area contributed by atoms with E-state index in [1.165, 1.54) is 11.3 Å². The molecule has 0 saturated carbocycles. The summed E-state index contributed by atoms with van der Waals surface area (Å²) in [4.78, 5) is 31.4. The Morgan fingerprint density at radius 3 is 2.71 bits per heavy atom. The number of nitrogens with zero attached hydrogens (tertiary/aromatic N) is 2. The Labute approximate surface area is 196 Å². The second kappa shape index (κ2) is 8.94. The Hall–Kier alpha value is -2.48. The molecule has 0 aliphatic carbocycles. The van der Waals surface area contributed by atoms with Gasteiger partial charge in [0.15, 0.2) is 4.80 Å². The SMILES string of the molecule is CCOC(=O)C1=C(C)N=c2sc(=Cc3cccc(Cl)c3)c(=O)n2C1c1ccc(Br)cc1. The summed E-state index contributed by atoms with van der Waals surface area (Å²) in [5.74, 6) is -0.471. The predicted octanol–water partition coefficient (Wildman–Crippen LogP) is 4.21. The first-order valence-corrected chi connectivity index (χ1v) is 11.6. The molecule has 1 aliphatic heterocycles. The normalized spacial score (nSPS) is 16.1. The van der Waals surface area contributed by atoms with Crippen LogP contribution in [0.15, 0.2) is 74.1 Å². The van der Waals surface area contributed by atoms with Gasteiger partial charge in [-0.15, -0.1) is 0 Å². The van der Waals surface area contributed by atoms with Crippen LogP contribution in [0.2, 0.25) is 5.02 Å². The van der Waals surface area contributed by atoms with Crippen molar-refractivity contribution in [3.05, 3.63) is 100 Å². The zero-order chi connectivity index (χ0) is 22.1. The van der Waals surface area contributed by atoms with Gasteiger partial charge in [-0.2, -0.15) is 0 Å². The van der Waals surface area contributed by atoms with Gasteiger partial charge >= 0.3 is 5.97 Å². The van der Waals surface area contributed by atoms with E-state index in [0.717, 1.165) is 15.6 Å². The summed E-state index contributed by atoms with van der Waals surface area (Å²) in [6, 6.07) is 14.2. The van der Waals surface area contributed by atoms with Gasteiger partial charge in [0, 0.05) is 9.50 Å². The fraction of sp³-hybridized carbons (Fsp3) is 0.174. The number of thiazole rings is 1. The molecule has 2 heterocycles. The number of carbonyl (C=O) groups is 1. The second-order valence-corrected chi connectivity index (χ2v) is 9.27. The van der Waals surface area contributed by atoms with E-state index in [1.54, 1.807) is 36.6 Å². The number of rotatable bonds is 4. The van der Waals surface area contributed by atoms with Crippen LogP contribution in [0.5, 0.6) is 0 Å². The largest absolute Gasteiger partial charge is 0.463 e. The smallest absolute Gasteiger partial charge is 0.338 e. The fourth-order valence-corrected chi connectivity index (χ4v) is 5.01. The van der Waals surface area contributed by atoms with Crippen LogP contribution in [0.4, 0.5) is 0 Å². The highest BCUT2D eigenvalue weighted by Crippen LogP contribution is 2.31. The van der Waals surface area contributed by atoms with Gasteiger partial charge in [0.25, 0.3) is 5.56 Å². The van der Waals surface area contributed by atoms with Crippen molar-refractivity contribution in [2.24, 2.45) is 4.99 Å². The highest BCUT2D eigenvalue weighted by atomic mass is 79.9. The standard InChI is InChI=1S/C23H18BrClN2O3S/c1-3-30-22(29)19-13(2)26-23-27(20(19)15-7-9-16(24)10-8-15)21(28)18(31-23)12-14-5-4-6-17(25)11-14/h4-12,20H,3H2,1-2H3. The monoisotopic (exact) mass is 516 g/mol. The number of hydrogen-bond acceptors (Lipinski definition) is 5. The highest BCUT2D eigenvalue weighted by molar-refractivity contribution is 9.10. The van der Waals surface area contributed by atoms with Gasteiger partial charge in [-0.05, 0) is 55.3 Å². The molecule has 0 radical (unpaired) electrons. The van der Waals surface area contributed by atoms with E-state index >= 15 is 0 Å². The molecular weight excluding hydrogens is 500 g/mol. The van der Waals surface area contributed by atoms with Gasteiger partial charge in [-0.1, -0.05) is 63.1 Å². The Bertz CT molecular complexity index is 1370. The highest BCUT2D eigenvalue weighted by Gasteiger charge is 2.33. The van der Waals surface area contributed by atoms with E-state index in [2.05, 4.69) is 20.9 Å². The van der Waals surface area contributed by atoms with Crippen molar-refractivity contribution >= 4 is 50.9 Å². The van der Waals surface area contributed by atoms with Crippen LogP contribution < -0.4 is 14.9 Å². The van der Waals surface area contributed by atoms with Crippen molar-refractivity contribution in [3.8, 4) is 0 Å². The summed E-state index contributed by atoms with van der Waals surface area (Å²) >= 11 is 10.8. The molecule has 0 spiro atoms. The van der Waals surface area contributed by atoms with Gasteiger partial charge in [0.2, 0.25) is 0 Å². The quantitative estimate of drug-likeness (QED) is 0.487. The van der Waals surface area contributed by atoms with E-state index in [4.69, 9.17) is 16.3 Å².